The highest BCUT2D eigenvalue weighted by Crippen LogP contribution is 2.24. The van der Waals surface area contributed by atoms with E-state index in [0.29, 0.717) is 23.7 Å². The summed E-state index contributed by atoms with van der Waals surface area (Å²) in [4.78, 5) is 4.43. The first-order valence-electron chi connectivity index (χ1n) is 8.51. The van der Waals surface area contributed by atoms with Crippen molar-refractivity contribution in [2.45, 2.75) is 47.2 Å². The van der Waals surface area contributed by atoms with Crippen LogP contribution in [0.4, 0.5) is 13.2 Å². The first kappa shape index (κ1) is 22.2. The van der Waals surface area contributed by atoms with Crippen LogP contribution < -0.4 is 4.74 Å². The van der Waals surface area contributed by atoms with Gasteiger partial charge in [0.1, 0.15) is 5.75 Å². The molecule has 0 spiro atoms. The molecule has 0 bridgehead atoms. The molecule has 1 aromatic carbocycles. The van der Waals surface area contributed by atoms with Gasteiger partial charge in [-0.1, -0.05) is 52.8 Å². The van der Waals surface area contributed by atoms with Crippen molar-refractivity contribution < 1.29 is 17.9 Å². The second-order valence-electron chi connectivity index (χ2n) is 4.65. The number of halogens is 3. The summed E-state index contributed by atoms with van der Waals surface area (Å²) in [6.45, 7) is 9.45. The van der Waals surface area contributed by atoms with Gasteiger partial charge in [-0.25, -0.2) is 0 Å². The summed E-state index contributed by atoms with van der Waals surface area (Å²) in [5, 5.41) is 0. The number of aliphatic imine (C=N–C) groups is 1. The van der Waals surface area contributed by atoms with Crippen LogP contribution in [0.5, 0.6) is 5.75 Å². The number of ether oxygens (including phenoxy) is 1. The van der Waals surface area contributed by atoms with Crippen molar-refractivity contribution in [1.29, 1.82) is 0 Å². The molecule has 1 heterocycles. The van der Waals surface area contributed by atoms with Gasteiger partial charge in [0.25, 0.3) is 0 Å². The molecule has 1 aliphatic heterocycles. The fraction of sp³-hybridized carbons (Fsp3) is 0.526. The van der Waals surface area contributed by atoms with Gasteiger partial charge in [-0.2, -0.15) is 13.2 Å². The van der Waals surface area contributed by atoms with Crippen molar-refractivity contribution in [2.75, 3.05) is 13.2 Å². The van der Waals surface area contributed by atoms with Crippen LogP contribution in [0.3, 0.4) is 0 Å². The van der Waals surface area contributed by atoms with Gasteiger partial charge in [-0.15, -0.1) is 0 Å². The Labute approximate surface area is 143 Å². The molecule has 0 amide bonds. The number of benzene rings is 1. The van der Waals surface area contributed by atoms with Gasteiger partial charge in [0.15, 0.2) is 6.61 Å². The summed E-state index contributed by atoms with van der Waals surface area (Å²) < 4.78 is 41.6. The SMILES string of the molecule is CC.CC.CCC1C=CC(c2ccccc2OCC(F)(F)F)=NC1. The number of rotatable bonds is 4. The summed E-state index contributed by atoms with van der Waals surface area (Å²) in [6.07, 6.45) is 0.556. The molecule has 0 fully saturated rings. The van der Waals surface area contributed by atoms with Gasteiger partial charge < -0.3 is 4.74 Å². The van der Waals surface area contributed by atoms with Crippen LogP contribution in [0, 0.1) is 5.92 Å². The lowest BCUT2D eigenvalue weighted by Gasteiger charge is -2.17. The zero-order valence-corrected chi connectivity index (χ0v) is 15.2. The van der Waals surface area contributed by atoms with Crippen LogP contribution in [0.1, 0.15) is 46.6 Å². The highest BCUT2D eigenvalue weighted by molar-refractivity contribution is 6.10. The van der Waals surface area contributed by atoms with E-state index in [9.17, 15) is 13.2 Å². The molecule has 1 unspecified atom stereocenters. The molecule has 2 rings (SSSR count). The third-order valence-corrected chi connectivity index (χ3v) is 3.10. The zero-order valence-electron chi connectivity index (χ0n) is 15.2. The first-order chi connectivity index (χ1) is 11.5. The van der Waals surface area contributed by atoms with E-state index in [-0.39, 0.29) is 5.75 Å². The number of hydrogen-bond acceptors (Lipinski definition) is 2. The van der Waals surface area contributed by atoms with Crippen molar-refractivity contribution in [1.82, 2.24) is 0 Å². The van der Waals surface area contributed by atoms with Crippen LogP contribution in [-0.4, -0.2) is 25.0 Å². The van der Waals surface area contributed by atoms with E-state index in [1.165, 1.54) is 6.07 Å². The van der Waals surface area contributed by atoms with Gasteiger partial charge in [-0.3, -0.25) is 4.99 Å². The number of para-hydroxylation sites is 1. The maximum atomic E-state index is 12.2. The summed E-state index contributed by atoms with van der Waals surface area (Å²) >= 11 is 0. The van der Waals surface area contributed by atoms with Crippen molar-refractivity contribution in [3.8, 4) is 5.75 Å². The molecule has 0 saturated heterocycles. The molecule has 1 aromatic rings. The third-order valence-electron chi connectivity index (χ3n) is 3.10. The van der Waals surface area contributed by atoms with Gasteiger partial charge in [0, 0.05) is 12.1 Å². The molecule has 0 N–H and O–H groups in total. The van der Waals surface area contributed by atoms with Crippen molar-refractivity contribution in [3.63, 3.8) is 0 Å². The second kappa shape index (κ2) is 11.7. The fourth-order valence-corrected chi connectivity index (χ4v) is 1.96. The normalized spacial score (nSPS) is 16.2. The highest BCUT2D eigenvalue weighted by atomic mass is 19.4. The summed E-state index contributed by atoms with van der Waals surface area (Å²) in [5.74, 6) is 0.616. The van der Waals surface area contributed by atoms with Gasteiger partial charge in [0.2, 0.25) is 0 Å². The summed E-state index contributed by atoms with van der Waals surface area (Å²) in [6, 6.07) is 6.67. The van der Waals surface area contributed by atoms with Crippen molar-refractivity contribution in [2.24, 2.45) is 10.9 Å². The van der Waals surface area contributed by atoms with Crippen LogP contribution in [-0.2, 0) is 0 Å². The third kappa shape index (κ3) is 7.66. The van der Waals surface area contributed by atoms with Crippen molar-refractivity contribution >= 4 is 5.71 Å². The minimum Gasteiger partial charge on any atom is -0.483 e. The average molecular weight is 343 g/mol. The quantitative estimate of drug-likeness (QED) is 0.650. The van der Waals surface area contributed by atoms with Crippen LogP contribution in [0.2, 0.25) is 0 Å². The molecule has 0 saturated carbocycles. The number of dihydropyridines is 1. The molecule has 1 atom stereocenters. The molecule has 2 nitrogen and oxygen atoms in total. The monoisotopic (exact) mass is 343 g/mol. The Morgan fingerprint density at radius 3 is 2.25 bits per heavy atom. The van der Waals surface area contributed by atoms with Crippen LogP contribution in [0.15, 0.2) is 41.4 Å². The summed E-state index contributed by atoms with van der Waals surface area (Å²) in [5.41, 5.74) is 1.27. The zero-order chi connectivity index (χ0) is 18.6. The average Bonchev–Trinajstić information content (AvgIpc) is 2.63. The lowest BCUT2D eigenvalue weighted by Crippen LogP contribution is -2.20. The predicted octanol–water partition coefficient (Wildman–Crippen LogP) is 6.07. The van der Waals surface area contributed by atoms with E-state index < -0.39 is 12.8 Å². The minimum absolute atomic E-state index is 0.211. The minimum atomic E-state index is -4.34. The number of alkyl halides is 3. The Balaban J connectivity index is 0.00000123. The van der Waals surface area contributed by atoms with E-state index >= 15 is 0 Å². The molecular formula is C19H28F3NO. The summed E-state index contributed by atoms with van der Waals surface area (Å²) in [7, 11) is 0. The van der Waals surface area contributed by atoms with Crippen LogP contribution >= 0.6 is 0 Å². The lowest BCUT2D eigenvalue weighted by atomic mass is 9.99. The molecule has 5 heteroatoms. The lowest BCUT2D eigenvalue weighted by molar-refractivity contribution is -0.153. The fourth-order valence-electron chi connectivity index (χ4n) is 1.96. The molecule has 0 aliphatic carbocycles. The maximum Gasteiger partial charge on any atom is 0.422 e. The number of allylic oxidation sites excluding steroid dienone is 1. The topological polar surface area (TPSA) is 21.6 Å². The second-order valence-corrected chi connectivity index (χ2v) is 4.65. The van der Waals surface area contributed by atoms with E-state index in [4.69, 9.17) is 4.74 Å². The van der Waals surface area contributed by atoms with E-state index in [0.717, 1.165) is 6.42 Å². The van der Waals surface area contributed by atoms with E-state index in [1.54, 1.807) is 18.2 Å². The smallest absolute Gasteiger partial charge is 0.422 e. The Kier molecular flexibility index (Phi) is 10.8. The van der Waals surface area contributed by atoms with E-state index in [1.807, 2.05) is 39.8 Å². The Bertz CT molecular complexity index is 522. The highest BCUT2D eigenvalue weighted by Gasteiger charge is 2.29. The molecule has 0 aromatic heterocycles. The molecule has 0 radical (unpaired) electrons. The van der Waals surface area contributed by atoms with Gasteiger partial charge in [-0.05, 0) is 30.5 Å². The van der Waals surface area contributed by atoms with Gasteiger partial charge >= 0.3 is 6.18 Å². The van der Waals surface area contributed by atoms with Gasteiger partial charge in [0.05, 0.1) is 5.71 Å². The molecule has 136 valence electrons. The van der Waals surface area contributed by atoms with Crippen LogP contribution in [0.25, 0.3) is 0 Å². The van der Waals surface area contributed by atoms with Crippen molar-refractivity contribution in [3.05, 3.63) is 42.0 Å². The first-order valence-corrected chi connectivity index (χ1v) is 8.51. The molecule has 1 aliphatic rings. The molecule has 24 heavy (non-hydrogen) atoms. The predicted molar refractivity (Wildman–Crippen MR) is 95.0 cm³/mol. The Morgan fingerprint density at radius 2 is 1.75 bits per heavy atom. The van der Waals surface area contributed by atoms with E-state index in [2.05, 4.69) is 11.9 Å². The Hall–Kier alpha value is -1.78. The largest absolute Gasteiger partial charge is 0.483 e. The maximum absolute atomic E-state index is 12.2. The number of nitrogens with zero attached hydrogens (tertiary/aromatic N) is 1. The Morgan fingerprint density at radius 1 is 1.12 bits per heavy atom. The molecular weight excluding hydrogens is 315 g/mol. The standard InChI is InChI=1S/C15H16F3NO.2C2H6/c1-2-11-7-8-13(19-9-11)12-5-3-4-6-14(12)20-10-15(16,17)18;2*1-2/h3-8,11H,2,9-10H2,1H3;2*1-2H3. The number of hydrogen-bond donors (Lipinski definition) is 0.